The number of sulfonamides is 1. The zero-order chi connectivity index (χ0) is 9.12. The maximum Gasteiger partial charge on any atom is 0.231 e. The zero-order valence-corrected chi connectivity index (χ0v) is 6.97. The van der Waals surface area contributed by atoms with Gasteiger partial charge in [0.1, 0.15) is 0 Å². The lowest BCUT2D eigenvalue weighted by molar-refractivity contribution is 0.559. The van der Waals surface area contributed by atoms with Crippen LogP contribution in [0.25, 0.3) is 0 Å². The van der Waals surface area contributed by atoms with Crippen molar-refractivity contribution < 1.29 is 8.42 Å². The molecule has 5 heteroatoms. The fraction of sp³-hybridized carbons (Fsp3) is 0.333. The molecule has 0 saturated carbocycles. The van der Waals surface area contributed by atoms with E-state index < -0.39 is 14.9 Å². The molecule has 0 bridgehead atoms. The fourth-order valence-electron chi connectivity index (χ4n) is 0.541. The largest absolute Gasteiger partial charge is 0.308 e. The molecule has 0 saturated heterocycles. The summed E-state index contributed by atoms with van der Waals surface area (Å²) in [5.74, 6) is 0. The van der Waals surface area contributed by atoms with E-state index in [0.29, 0.717) is 0 Å². The van der Waals surface area contributed by atoms with E-state index in [1.54, 1.807) is 0 Å². The van der Waals surface area contributed by atoms with Gasteiger partial charge in [-0.3, -0.25) is 0 Å². The fourth-order valence-corrected chi connectivity index (χ4v) is 1.12. The van der Waals surface area contributed by atoms with Crippen LogP contribution in [0.15, 0.2) is 25.3 Å². The Labute approximate surface area is 66.6 Å². The SMILES string of the molecule is C=CCC(N)(C=C)S(N)(=O)=O. The molecule has 0 aromatic rings. The highest BCUT2D eigenvalue weighted by Crippen LogP contribution is 2.13. The van der Waals surface area contributed by atoms with Crippen LogP contribution in [-0.2, 0) is 10.0 Å². The third-order valence-corrected chi connectivity index (χ3v) is 2.73. The summed E-state index contributed by atoms with van der Waals surface area (Å²) in [6, 6.07) is 0. The molecule has 64 valence electrons. The standard InChI is InChI=1S/C6H12N2O2S/c1-3-5-6(7,4-2)11(8,9)10/h3-4H,1-2,5,7H2,(H2,8,9,10). The first-order chi connectivity index (χ1) is 4.87. The normalized spacial score (nSPS) is 16.9. The molecule has 0 radical (unpaired) electrons. The Bertz CT molecular complexity index is 258. The molecular formula is C6H12N2O2S. The van der Waals surface area contributed by atoms with Gasteiger partial charge in [-0.15, -0.1) is 13.2 Å². The summed E-state index contributed by atoms with van der Waals surface area (Å²) < 4.78 is 21.6. The molecule has 0 fully saturated rings. The van der Waals surface area contributed by atoms with E-state index in [9.17, 15) is 8.42 Å². The van der Waals surface area contributed by atoms with E-state index in [2.05, 4.69) is 13.2 Å². The first-order valence-corrected chi connectivity index (χ1v) is 4.48. The minimum atomic E-state index is -3.79. The van der Waals surface area contributed by atoms with Crippen molar-refractivity contribution in [3.05, 3.63) is 25.3 Å². The minimum absolute atomic E-state index is 0.0648. The van der Waals surface area contributed by atoms with E-state index in [1.807, 2.05) is 0 Å². The molecule has 4 nitrogen and oxygen atoms in total. The van der Waals surface area contributed by atoms with Gasteiger partial charge in [-0.2, -0.15) is 0 Å². The predicted molar refractivity (Wildman–Crippen MR) is 45.0 cm³/mol. The van der Waals surface area contributed by atoms with Crippen molar-refractivity contribution in [1.82, 2.24) is 0 Å². The molecule has 0 rings (SSSR count). The van der Waals surface area contributed by atoms with Gasteiger partial charge in [-0.25, -0.2) is 13.6 Å². The van der Waals surface area contributed by atoms with Crippen molar-refractivity contribution in [3.8, 4) is 0 Å². The summed E-state index contributed by atoms with van der Waals surface area (Å²) in [4.78, 5) is -1.57. The van der Waals surface area contributed by atoms with Crippen LogP contribution in [0, 0.1) is 0 Å². The number of rotatable bonds is 4. The van der Waals surface area contributed by atoms with Crippen LogP contribution >= 0.6 is 0 Å². The Kier molecular flexibility index (Phi) is 2.98. The van der Waals surface area contributed by atoms with Crippen LogP contribution in [0.2, 0.25) is 0 Å². The Hall–Kier alpha value is -0.650. The van der Waals surface area contributed by atoms with Gasteiger partial charge in [0.05, 0.1) is 0 Å². The number of nitrogens with two attached hydrogens (primary N) is 2. The summed E-state index contributed by atoms with van der Waals surface area (Å²) in [7, 11) is -3.79. The summed E-state index contributed by atoms with van der Waals surface area (Å²) in [5.41, 5.74) is 5.38. The molecule has 0 aromatic carbocycles. The molecule has 1 unspecified atom stereocenters. The van der Waals surface area contributed by atoms with Crippen molar-refractivity contribution >= 4 is 10.0 Å². The van der Waals surface area contributed by atoms with E-state index in [0.717, 1.165) is 6.08 Å². The highest BCUT2D eigenvalue weighted by atomic mass is 32.2. The predicted octanol–water partition coefficient (Wildman–Crippen LogP) is -0.308. The average molecular weight is 176 g/mol. The van der Waals surface area contributed by atoms with Crippen molar-refractivity contribution in [2.75, 3.05) is 0 Å². The van der Waals surface area contributed by atoms with Gasteiger partial charge in [-0.05, 0) is 0 Å². The van der Waals surface area contributed by atoms with Crippen molar-refractivity contribution in [3.63, 3.8) is 0 Å². The van der Waals surface area contributed by atoms with E-state index >= 15 is 0 Å². The van der Waals surface area contributed by atoms with Crippen molar-refractivity contribution in [1.29, 1.82) is 0 Å². The molecular weight excluding hydrogens is 164 g/mol. The molecule has 0 aliphatic carbocycles. The van der Waals surface area contributed by atoms with Crippen LogP contribution in [0.4, 0.5) is 0 Å². The minimum Gasteiger partial charge on any atom is -0.308 e. The molecule has 1 atom stereocenters. The first-order valence-electron chi connectivity index (χ1n) is 2.93. The summed E-state index contributed by atoms with van der Waals surface area (Å²) in [6.07, 6.45) is 2.55. The molecule has 0 aromatic heterocycles. The van der Waals surface area contributed by atoms with E-state index in [-0.39, 0.29) is 6.42 Å². The number of hydrogen-bond acceptors (Lipinski definition) is 3. The lowest BCUT2D eigenvalue weighted by Crippen LogP contribution is -2.49. The van der Waals surface area contributed by atoms with Gasteiger partial charge in [0.15, 0.2) is 4.87 Å². The number of hydrogen-bond donors (Lipinski definition) is 2. The van der Waals surface area contributed by atoms with E-state index in [1.165, 1.54) is 6.08 Å². The summed E-state index contributed by atoms with van der Waals surface area (Å²) in [5, 5.41) is 4.84. The molecule has 0 amide bonds. The van der Waals surface area contributed by atoms with Gasteiger partial charge in [0, 0.05) is 6.42 Å². The Morgan fingerprint density at radius 2 is 1.91 bits per heavy atom. The monoisotopic (exact) mass is 176 g/mol. The third-order valence-electron chi connectivity index (χ3n) is 1.34. The molecule has 0 heterocycles. The average Bonchev–Trinajstić information content (AvgIpc) is 1.86. The second-order valence-corrected chi connectivity index (χ2v) is 4.05. The second kappa shape index (κ2) is 3.17. The van der Waals surface area contributed by atoms with Crippen LogP contribution in [0.5, 0.6) is 0 Å². The smallest absolute Gasteiger partial charge is 0.231 e. The Balaban J connectivity index is 4.90. The van der Waals surface area contributed by atoms with Gasteiger partial charge in [0.25, 0.3) is 0 Å². The van der Waals surface area contributed by atoms with Gasteiger partial charge < -0.3 is 5.73 Å². The summed E-state index contributed by atoms with van der Waals surface area (Å²) in [6.45, 7) is 6.65. The quantitative estimate of drug-likeness (QED) is 0.576. The third kappa shape index (κ3) is 2.14. The zero-order valence-electron chi connectivity index (χ0n) is 6.16. The van der Waals surface area contributed by atoms with Crippen LogP contribution in [0.3, 0.4) is 0 Å². The molecule has 11 heavy (non-hydrogen) atoms. The van der Waals surface area contributed by atoms with Crippen LogP contribution < -0.4 is 10.9 Å². The molecule has 4 N–H and O–H groups in total. The van der Waals surface area contributed by atoms with Gasteiger partial charge in [0.2, 0.25) is 10.0 Å². The Morgan fingerprint density at radius 1 is 1.45 bits per heavy atom. The highest BCUT2D eigenvalue weighted by molar-refractivity contribution is 7.90. The first kappa shape index (κ1) is 10.3. The van der Waals surface area contributed by atoms with Crippen LogP contribution in [0.1, 0.15) is 6.42 Å². The topological polar surface area (TPSA) is 86.2 Å². The number of primary sulfonamides is 1. The van der Waals surface area contributed by atoms with Gasteiger partial charge in [-0.1, -0.05) is 12.2 Å². The van der Waals surface area contributed by atoms with Gasteiger partial charge >= 0.3 is 0 Å². The lowest BCUT2D eigenvalue weighted by atomic mass is 10.2. The maximum atomic E-state index is 10.8. The highest BCUT2D eigenvalue weighted by Gasteiger charge is 2.32. The molecule has 0 aliphatic rings. The van der Waals surface area contributed by atoms with Crippen molar-refractivity contribution in [2.24, 2.45) is 10.9 Å². The lowest BCUT2D eigenvalue weighted by Gasteiger charge is -2.20. The molecule has 0 spiro atoms. The molecule has 0 aliphatic heterocycles. The Morgan fingerprint density at radius 3 is 2.00 bits per heavy atom. The summed E-state index contributed by atoms with van der Waals surface area (Å²) >= 11 is 0. The van der Waals surface area contributed by atoms with Crippen molar-refractivity contribution in [2.45, 2.75) is 11.3 Å². The second-order valence-electron chi connectivity index (χ2n) is 2.20. The van der Waals surface area contributed by atoms with Crippen LogP contribution in [-0.4, -0.2) is 13.3 Å². The van der Waals surface area contributed by atoms with E-state index in [4.69, 9.17) is 10.9 Å². The maximum absolute atomic E-state index is 10.8.